The maximum atomic E-state index is 12.9. The fourth-order valence-electron chi connectivity index (χ4n) is 3.21. The number of hydrogen-bond donors (Lipinski definition) is 0. The molecule has 3 aromatic rings. The molecule has 0 unspecified atom stereocenters. The van der Waals surface area contributed by atoms with Gasteiger partial charge in [0.1, 0.15) is 17.5 Å². The number of fused-ring (bicyclic) bond motifs is 1. The van der Waals surface area contributed by atoms with Crippen molar-refractivity contribution in [2.75, 3.05) is 13.1 Å². The van der Waals surface area contributed by atoms with Gasteiger partial charge in [0.2, 0.25) is 0 Å². The number of hydrogen-bond acceptors (Lipinski definition) is 4. The minimum absolute atomic E-state index is 0.0476. The van der Waals surface area contributed by atoms with Crippen LogP contribution in [-0.2, 0) is 0 Å². The molecule has 1 saturated heterocycles. The molecule has 6 heteroatoms. The van der Waals surface area contributed by atoms with Crippen molar-refractivity contribution >= 4 is 28.4 Å². The molecule has 0 N–H and O–H groups in total. The number of carbonyl (C=O) groups is 1. The summed E-state index contributed by atoms with van der Waals surface area (Å²) in [5.41, 5.74) is 1.25. The van der Waals surface area contributed by atoms with Gasteiger partial charge in [-0.25, -0.2) is 0 Å². The average Bonchev–Trinajstić information content (AvgIpc) is 2.69. The number of likely N-dealkylation sites (tertiary alicyclic amines) is 1. The minimum Gasteiger partial charge on any atom is -0.490 e. The Morgan fingerprint density at radius 3 is 2.58 bits per heavy atom. The molecule has 0 atom stereocenters. The van der Waals surface area contributed by atoms with Gasteiger partial charge in [0, 0.05) is 48.7 Å². The fourth-order valence-corrected chi connectivity index (χ4v) is 3.33. The average molecular weight is 368 g/mol. The maximum absolute atomic E-state index is 12.9. The van der Waals surface area contributed by atoms with Crippen LogP contribution >= 0.6 is 11.6 Å². The van der Waals surface area contributed by atoms with Crippen LogP contribution in [0.2, 0.25) is 5.02 Å². The molecule has 5 nitrogen and oxygen atoms in total. The van der Waals surface area contributed by atoms with E-state index >= 15 is 0 Å². The van der Waals surface area contributed by atoms with Crippen molar-refractivity contribution in [2.45, 2.75) is 18.9 Å². The van der Waals surface area contributed by atoms with Gasteiger partial charge in [0.05, 0.1) is 5.52 Å². The zero-order chi connectivity index (χ0) is 17.9. The van der Waals surface area contributed by atoms with E-state index in [-0.39, 0.29) is 12.0 Å². The first-order valence-corrected chi connectivity index (χ1v) is 9.00. The maximum Gasteiger partial charge on any atom is 0.273 e. The molecule has 0 spiro atoms. The summed E-state index contributed by atoms with van der Waals surface area (Å²) in [6, 6.07) is 12.9. The molecule has 4 rings (SSSR count). The Hall–Kier alpha value is -2.66. The first kappa shape index (κ1) is 16.8. The monoisotopic (exact) mass is 367 g/mol. The van der Waals surface area contributed by atoms with Crippen molar-refractivity contribution in [1.29, 1.82) is 0 Å². The summed E-state index contributed by atoms with van der Waals surface area (Å²) >= 11 is 5.90. The molecule has 1 aliphatic heterocycles. The number of aromatic nitrogens is 2. The second-order valence-corrected chi connectivity index (χ2v) is 6.73. The van der Waals surface area contributed by atoms with Gasteiger partial charge >= 0.3 is 0 Å². The van der Waals surface area contributed by atoms with Crippen molar-refractivity contribution in [3.63, 3.8) is 0 Å². The number of amides is 1. The Kier molecular flexibility index (Phi) is 4.71. The van der Waals surface area contributed by atoms with Crippen LogP contribution in [0.3, 0.4) is 0 Å². The molecular formula is C20H18ClN3O2. The van der Waals surface area contributed by atoms with E-state index in [4.69, 9.17) is 16.3 Å². The lowest BCUT2D eigenvalue weighted by atomic mass is 10.1. The second-order valence-electron chi connectivity index (χ2n) is 6.29. The number of ether oxygens (including phenoxy) is 1. The molecule has 132 valence electrons. The van der Waals surface area contributed by atoms with E-state index in [1.165, 1.54) is 0 Å². The first-order valence-electron chi connectivity index (χ1n) is 8.62. The van der Waals surface area contributed by atoms with Crippen LogP contribution in [0, 0.1) is 0 Å². The van der Waals surface area contributed by atoms with Crippen LogP contribution in [-0.4, -0.2) is 40.0 Å². The number of halogens is 1. The molecule has 1 aliphatic rings. The lowest BCUT2D eigenvalue weighted by Crippen LogP contribution is -2.42. The smallest absolute Gasteiger partial charge is 0.273 e. The summed E-state index contributed by atoms with van der Waals surface area (Å²) in [6.45, 7) is 1.30. The van der Waals surface area contributed by atoms with Gasteiger partial charge in [0.15, 0.2) is 0 Å². The summed E-state index contributed by atoms with van der Waals surface area (Å²) in [7, 11) is 0. The molecular weight excluding hydrogens is 350 g/mol. The Labute approximate surface area is 156 Å². The molecule has 0 aliphatic carbocycles. The highest BCUT2D eigenvalue weighted by molar-refractivity contribution is 6.30. The number of pyridine rings is 2. The van der Waals surface area contributed by atoms with Gasteiger partial charge in [-0.3, -0.25) is 14.8 Å². The van der Waals surface area contributed by atoms with Crippen LogP contribution in [0.4, 0.5) is 0 Å². The standard InChI is InChI=1S/C20H18ClN3O2/c21-14-3-5-15(6-4-14)26-16-8-12-24(13-9-16)20(25)19-17-2-1-10-22-18(17)7-11-23-19/h1-7,10-11,16H,8-9,12-13H2. The highest BCUT2D eigenvalue weighted by Gasteiger charge is 2.26. The van der Waals surface area contributed by atoms with E-state index in [1.807, 2.05) is 47.4 Å². The van der Waals surface area contributed by atoms with Gasteiger partial charge in [-0.2, -0.15) is 0 Å². The minimum atomic E-state index is -0.0476. The van der Waals surface area contributed by atoms with Crippen molar-refractivity contribution in [1.82, 2.24) is 14.9 Å². The Morgan fingerprint density at radius 1 is 1.04 bits per heavy atom. The molecule has 0 radical (unpaired) electrons. The van der Waals surface area contributed by atoms with Crippen LogP contribution < -0.4 is 4.74 Å². The summed E-state index contributed by atoms with van der Waals surface area (Å²) < 4.78 is 5.99. The number of rotatable bonds is 3. The molecule has 0 bridgehead atoms. The van der Waals surface area contributed by atoms with Gasteiger partial charge < -0.3 is 9.64 Å². The van der Waals surface area contributed by atoms with E-state index in [0.29, 0.717) is 23.8 Å². The van der Waals surface area contributed by atoms with Crippen LogP contribution in [0.25, 0.3) is 10.9 Å². The lowest BCUT2D eigenvalue weighted by molar-refractivity contribution is 0.0592. The Bertz CT molecular complexity index is 916. The van der Waals surface area contributed by atoms with E-state index in [2.05, 4.69) is 9.97 Å². The molecule has 1 fully saturated rings. The van der Waals surface area contributed by atoms with Crippen molar-refractivity contribution in [3.8, 4) is 5.75 Å². The Balaban J connectivity index is 1.42. The van der Waals surface area contributed by atoms with E-state index in [9.17, 15) is 4.79 Å². The SMILES string of the molecule is O=C(c1nccc2ncccc12)N1CCC(Oc2ccc(Cl)cc2)CC1. The van der Waals surface area contributed by atoms with Crippen LogP contribution in [0.5, 0.6) is 5.75 Å². The first-order chi connectivity index (χ1) is 12.7. The van der Waals surface area contributed by atoms with E-state index in [0.717, 1.165) is 29.5 Å². The largest absolute Gasteiger partial charge is 0.490 e. The molecule has 3 heterocycles. The summed E-state index contributed by atoms with van der Waals surface area (Å²) in [5.74, 6) is 0.759. The highest BCUT2D eigenvalue weighted by atomic mass is 35.5. The Morgan fingerprint density at radius 2 is 1.81 bits per heavy atom. The van der Waals surface area contributed by atoms with Gasteiger partial charge in [-0.05, 0) is 42.5 Å². The highest BCUT2D eigenvalue weighted by Crippen LogP contribution is 2.23. The third kappa shape index (κ3) is 3.48. The second kappa shape index (κ2) is 7.30. The fraction of sp³-hybridized carbons (Fsp3) is 0.250. The normalized spacial score (nSPS) is 15.2. The predicted octanol–water partition coefficient (Wildman–Crippen LogP) is 3.97. The molecule has 1 aromatic carbocycles. The van der Waals surface area contributed by atoms with Gasteiger partial charge in [-0.1, -0.05) is 11.6 Å². The van der Waals surface area contributed by atoms with Gasteiger partial charge in [0.25, 0.3) is 5.91 Å². The van der Waals surface area contributed by atoms with Gasteiger partial charge in [-0.15, -0.1) is 0 Å². The number of carbonyl (C=O) groups excluding carboxylic acids is 1. The number of piperidine rings is 1. The summed E-state index contributed by atoms with van der Waals surface area (Å²) in [6.07, 6.45) is 5.03. The quantitative estimate of drug-likeness (QED) is 0.703. The molecule has 1 amide bonds. The summed E-state index contributed by atoms with van der Waals surface area (Å²) in [5, 5.41) is 1.48. The molecule has 0 saturated carbocycles. The lowest BCUT2D eigenvalue weighted by Gasteiger charge is -2.32. The zero-order valence-corrected chi connectivity index (χ0v) is 14.9. The molecule has 2 aromatic heterocycles. The van der Waals surface area contributed by atoms with Crippen molar-refractivity contribution in [2.24, 2.45) is 0 Å². The van der Waals surface area contributed by atoms with Crippen LogP contribution in [0.1, 0.15) is 23.3 Å². The van der Waals surface area contributed by atoms with E-state index < -0.39 is 0 Å². The van der Waals surface area contributed by atoms with E-state index in [1.54, 1.807) is 12.4 Å². The number of nitrogens with zero attached hydrogens (tertiary/aromatic N) is 3. The third-order valence-electron chi connectivity index (χ3n) is 4.58. The zero-order valence-electron chi connectivity index (χ0n) is 14.1. The van der Waals surface area contributed by atoms with Crippen LogP contribution in [0.15, 0.2) is 54.9 Å². The van der Waals surface area contributed by atoms with Crippen molar-refractivity contribution < 1.29 is 9.53 Å². The number of benzene rings is 1. The summed E-state index contributed by atoms with van der Waals surface area (Å²) in [4.78, 5) is 23.3. The molecule has 26 heavy (non-hydrogen) atoms. The topological polar surface area (TPSA) is 55.3 Å². The third-order valence-corrected chi connectivity index (χ3v) is 4.83. The predicted molar refractivity (Wildman–Crippen MR) is 101 cm³/mol. The van der Waals surface area contributed by atoms with Crippen molar-refractivity contribution in [3.05, 3.63) is 65.6 Å².